The lowest BCUT2D eigenvalue weighted by Crippen LogP contribution is -2.10. The first kappa shape index (κ1) is 13.8. The van der Waals surface area contributed by atoms with Crippen LogP contribution in [0.2, 0.25) is 5.02 Å². The molecule has 0 bridgehead atoms. The molecule has 0 aliphatic carbocycles. The molecule has 0 unspecified atom stereocenters. The first-order valence-corrected chi connectivity index (χ1v) is 7.73. The van der Waals surface area contributed by atoms with Crippen molar-refractivity contribution in [2.75, 3.05) is 16.3 Å². The molecule has 0 aliphatic heterocycles. The maximum Gasteiger partial charge on any atom is 0.229 e. The van der Waals surface area contributed by atoms with E-state index in [-0.39, 0.29) is 0 Å². The van der Waals surface area contributed by atoms with E-state index in [0.29, 0.717) is 22.9 Å². The van der Waals surface area contributed by atoms with Crippen LogP contribution >= 0.6 is 11.6 Å². The molecule has 0 aliphatic rings. The second-order valence-electron chi connectivity index (χ2n) is 4.05. The largest absolute Gasteiger partial charge is 0.472 e. The van der Waals surface area contributed by atoms with Crippen LogP contribution in [0.4, 0.5) is 11.4 Å². The third kappa shape index (κ3) is 4.18. The maximum atomic E-state index is 11.2. The van der Waals surface area contributed by atoms with E-state index in [1.165, 1.54) is 0 Å². The molecule has 1 aromatic heterocycles. The van der Waals surface area contributed by atoms with E-state index in [0.717, 1.165) is 11.8 Å². The average Bonchev–Trinajstić information content (AvgIpc) is 2.81. The summed E-state index contributed by atoms with van der Waals surface area (Å²) >= 11 is 6.04. The van der Waals surface area contributed by atoms with Crippen molar-refractivity contribution in [1.29, 1.82) is 0 Å². The summed E-state index contributed by atoms with van der Waals surface area (Å²) in [7, 11) is -3.30. The molecular weight excluding hydrogens is 288 g/mol. The van der Waals surface area contributed by atoms with Crippen LogP contribution in [0.25, 0.3) is 0 Å². The second-order valence-corrected chi connectivity index (χ2v) is 6.21. The summed E-state index contributed by atoms with van der Waals surface area (Å²) in [4.78, 5) is 0. The van der Waals surface area contributed by atoms with Gasteiger partial charge in [0.05, 0.1) is 35.2 Å². The minimum absolute atomic E-state index is 0.460. The van der Waals surface area contributed by atoms with Crippen LogP contribution in [-0.2, 0) is 16.6 Å². The Morgan fingerprint density at radius 3 is 2.74 bits per heavy atom. The number of anilines is 2. The quantitative estimate of drug-likeness (QED) is 0.890. The van der Waals surface area contributed by atoms with E-state index in [2.05, 4.69) is 10.0 Å². The van der Waals surface area contributed by atoms with Crippen LogP contribution in [0.3, 0.4) is 0 Å². The first-order chi connectivity index (χ1) is 8.94. The minimum Gasteiger partial charge on any atom is -0.472 e. The predicted octanol–water partition coefficient (Wildman–Crippen LogP) is 2.92. The molecule has 0 saturated carbocycles. The molecule has 19 heavy (non-hydrogen) atoms. The molecule has 2 rings (SSSR count). The zero-order chi connectivity index (χ0) is 13.9. The number of nitrogens with one attached hydrogen (secondary N) is 2. The molecule has 0 saturated heterocycles. The monoisotopic (exact) mass is 300 g/mol. The van der Waals surface area contributed by atoms with Crippen molar-refractivity contribution in [1.82, 2.24) is 0 Å². The van der Waals surface area contributed by atoms with Gasteiger partial charge < -0.3 is 9.73 Å². The summed E-state index contributed by atoms with van der Waals surface area (Å²) in [6, 6.07) is 6.71. The van der Waals surface area contributed by atoms with Gasteiger partial charge in [-0.05, 0) is 24.3 Å². The highest BCUT2D eigenvalue weighted by Gasteiger charge is 2.06. The van der Waals surface area contributed by atoms with Crippen LogP contribution in [0.5, 0.6) is 0 Å². The molecule has 2 N–H and O–H groups in total. The fourth-order valence-corrected chi connectivity index (χ4v) is 2.27. The van der Waals surface area contributed by atoms with Gasteiger partial charge in [0.25, 0.3) is 0 Å². The van der Waals surface area contributed by atoms with Crippen molar-refractivity contribution >= 4 is 33.0 Å². The summed E-state index contributed by atoms with van der Waals surface area (Å²) in [5.41, 5.74) is 2.08. The lowest BCUT2D eigenvalue weighted by molar-refractivity contribution is 0.564. The Morgan fingerprint density at radius 1 is 1.32 bits per heavy atom. The Bertz CT molecular complexity index is 654. The SMILES string of the molecule is CS(=O)(=O)Nc1ccc(Cl)c(NCc2ccoc2)c1. The smallest absolute Gasteiger partial charge is 0.229 e. The Kier molecular flexibility index (Phi) is 4.01. The highest BCUT2D eigenvalue weighted by molar-refractivity contribution is 7.92. The number of benzene rings is 1. The Hall–Kier alpha value is -1.66. The second kappa shape index (κ2) is 5.54. The summed E-state index contributed by atoms with van der Waals surface area (Å²) in [6.07, 6.45) is 4.31. The summed E-state index contributed by atoms with van der Waals surface area (Å²) in [6.45, 7) is 0.540. The van der Waals surface area contributed by atoms with Gasteiger partial charge in [0, 0.05) is 12.1 Å². The summed E-state index contributed by atoms with van der Waals surface area (Å²) in [5.74, 6) is 0. The molecule has 102 valence electrons. The zero-order valence-electron chi connectivity index (χ0n) is 10.2. The van der Waals surface area contributed by atoms with Gasteiger partial charge in [-0.1, -0.05) is 11.6 Å². The first-order valence-electron chi connectivity index (χ1n) is 5.46. The number of rotatable bonds is 5. The van der Waals surface area contributed by atoms with Crippen molar-refractivity contribution in [3.8, 4) is 0 Å². The normalized spacial score (nSPS) is 11.3. The number of furan rings is 1. The fraction of sp³-hybridized carbons (Fsp3) is 0.167. The van der Waals surface area contributed by atoms with Crippen molar-refractivity contribution in [2.24, 2.45) is 0 Å². The van der Waals surface area contributed by atoms with Gasteiger partial charge in [0.15, 0.2) is 0 Å². The number of halogens is 1. The van der Waals surface area contributed by atoms with E-state index in [1.807, 2.05) is 6.07 Å². The van der Waals surface area contributed by atoms with E-state index < -0.39 is 10.0 Å². The predicted molar refractivity (Wildman–Crippen MR) is 76.0 cm³/mol. The molecule has 0 atom stereocenters. The van der Waals surface area contributed by atoms with E-state index in [9.17, 15) is 8.42 Å². The van der Waals surface area contributed by atoms with Crippen molar-refractivity contribution < 1.29 is 12.8 Å². The van der Waals surface area contributed by atoms with Gasteiger partial charge in [0.1, 0.15) is 0 Å². The van der Waals surface area contributed by atoms with E-state index >= 15 is 0 Å². The summed E-state index contributed by atoms with van der Waals surface area (Å²) < 4.78 is 29.7. The van der Waals surface area contributed by atoms with Gasteiger partial charge in [0.2, 0.25) is 10.0 Å². The summed E-state index contributed by atoms with van der Waals surface area (Å²) in [5, 5.41) is 3.63. The third-order valence-electron chi connectivity index (χ3n) is 2.33. The molecule has 1 heterocycles. The third-order valence-corrected chi connectivity index (χ3v) is 3.27. The molecular formula is C12H13ClN2O3S. The molecule has 0 amide bonds. The number of hydrogen-bond acceptors (Lipinski definition) is 4. The van der Waals surface area contributed by atoms with Crippen molar-refractivity contribution in [3.63, 3.8) is 0 Å². The van der Waals surface area contributed by atoms with Gasteiger partial charge in [-0.15, -0.1) is 0 Å². The van der Waals surface area contributed by atoms with E-state index in [4.69, 9.17) is 16.0 Å². The van der Waals surface area contributed by atoms with Crippen LogP contribution in [-0.4, -0.2) is 14.7 Å². The maximum absolute atomic E-state index is 11.2. The standard InChI is InChI=1S/C12H13ClN2O3S/c1-19(16,17)15-10-2-3-11(13)12(6-10)14-7-9-4-5-18-8-9/h2-6,8,14-15H,7H2,1H3. The van der Waals surface area contributed by atoms with Gasteiger partial charge >= 0.3 is 0 Å². The van der Waals surface area contributed by atoms with Crippen molar-refractivity contribution in [2.45, 2.75) is 6.54 Å². The molecule has 5 nitrogen and oxygen atoms in total. The Balaban J connectivity index is 2.13. The minimum atomic E-state index is -3.30. The fourth-order valence-electron chi connectivity index (χ4n) is 1.53. The number of hydrogen-bond donors (Lipinski definition) is 2. The molecule has 2 aromatic rings. The van der Waals surface area contributed by atoms with Gasteiger partial charge in [-0.2, -0.15) is 0 Å². The van der Waals surface area contributed by atoms with Crippen LogP contribution in [0.15, 0.2) is 41.2 Å². The van der Waals surface area contributed by atoms with Crippen molar-refractivity contribution in [3.05, 3.63) is 47.4 Å². The highest BCUT2D eigenvalue weighted by atomic mass is 35.5. The molecule has 0 spiro atoms. The van der Waals surface area contributed by atoms with Crippen LogP contribution < -0.4 is 10.0 Å². The van der Waals surface area contributed by atoms with Crippen LogP contribution in [0, 0.1) is 0 Å². The van der Waals surface area contributed by atoms with Gasteiger partial charge in [-0.25, -0.2) is 8.42 Å². The van der Waals surface area contributed by atoms with E-state index in [1.54, 1.807) is 30.7 Å². The average molecular weight is 301 g/mol. The lowest BCUT2D eigenvalue weighted by Gasteiger charge is -2.10. The topological polar surface area (TPSA) is 71.3 Å². The van der Waals surface area contributed by atoms with Gasteiger partial charge in [-0.3, -0.25) is 4.72 Å². The Morgan fingerprint density at radius 2 is 2.11 bits per heavy atom. The molecule has 0 radical (unpaired) electrons. The molecule has 7 heteroatoms. The number of sulfonamides is 1. The highest BCUT2D eigenvalue weighted by Crippen LogP contribution is 2.26. The molecule has 1 aromatic carbocycles. The van der Waals surface area contributed by atoms with Crippen LogP contribution in [0.1, 0.15) is 5.56 Å². The molecule has 0 fully saturated rings. The lowest BCUT2D eigenvalue weighted by atomic mass is 10.2. The zero-order valence-corrected chi connectivity index (χ0v) is 11.8. The Labute approximate surface area is 116 Å².